The number of aryl methyl sites for hydroxylation is 1. The van der Waals surface area contributed by atoms with Crippen molar-refractivity contribution < 1.29 is 9.21 Å². The highest BCUT2D eigenvalue weighted by Gasteiger charge is 2.11. The second-order valence-corrected chi connectivity index (χ2v) is 7.61. The van der Waals surface area contributed by atoms with Crippen molar-refractivity contribution in [2.75, 3.05) is 18.1 Å². The minimum atomic E-state index is -0.0351. The Kier molecular flexibility index (Phi) is 6.73. The van der Waals surface area contributed by atoms with E-state index in [1.165, 1.54) is 22.2 Å². The van der Waals surface area contributed by atoms with Crippen LogP contribution in [0.4, 0.5) is 0 Å². The Morgan fingerprint density at radius 1 is 1.23 bits per heavy atom. The first kappa shape index (κ1) is 18.5. The van der Waals surface area contributed by atoms with E-state index in [-0.39, 0.29) is 11.7 Å². The molecular weight excluding hydrogens is 370 g/mol. The molecule has 3 rings (SSSR count). The molecule has 0 saturated heterocycles. The van der Waals surface area contributed by atoms with E-state index >= 15 is 0 Å². The smallest absolute Gasteiger partial charge is 0.230 e. The van der Waals surface area contributed by atoms with Gasteiger partial charge in [-0.3, -0.25) is 4.79 Å². The van der Waals surface area contributed by atoms with Crippen molar-refractivity contribution in [1.29, 1.82) is 0 Å². The Morgan fingerprint density at radius 3 is 2.85 bits per heavy atom. The number of rotatable bonds is 9. The number of nitrogens with one attached hydrogen (secondary N) is 1. The zero-order valence-electron chi connectivity index (χ0n) is 14.3. The molecular formula is C17H19N5O2S2. The highest BCUT2D eigenvalue weighted by molar-refractivity contribution is 7.99. The Morgan fingerprint density at radius 2 is 2.08 bits per heavy atom. The summed E-state index contributed by atoms with van der Waals surface area (Å²) in [7, 11) is 0. The number of furan rings is 1. The van der Waals surface area contributed by atoms with Gasteiger partial charge in [0, 0.05) is 17.2 Å². The Balaban J connectivity index is 1.36. The molecule has 9 heteroatoms. The molecule has 1 N–H and O–H groups in total. The fraction of sp³-hybridized carbons (Fsp3) is 0.294. The number of hydrogen-bond donors (Lipinski definition) is 1. The number of tetrazole rings is 1. The number of hydrogen-bond acceptors (Lipinski definition) is 7. The molecule has 0 fully saturated rings. The average molecular weight is 390 g/mol. The third-order valence-corrected chi connectivity index (χ3v) is 5.40. The molecule has 0 aliphatic rings. The van der Waals surface area contributed by atoms with Crippen LogP contribution in [-0.2, 0) is 11.3 Å². The van der Waals surface area contributed by atoms with Gasteiger partial charge in [-0.15, -0.1) is 16.9 Å². The molecule has 0 aliphatic carbocycles. The highest BCUT2D eigenvalue weighted by atomic mass is 32.2. The molecule has 136 valence electrons. The number of carbonyl (C=O) groups excluding carboxylic acids is 1. The lowest BCUT2D eigenvalue weighted by Crippen LogP contribution is -2.27. The van der Waals surface area contributed by atoms with E-state index in [0.29, 0.717) is 18.2 Å². The maximum absolute atomic E-state index is 12.0. The molecule has 1 amide bonds. The van der Waals surface area contributed by atoms with Crippen LogP contribution in [0.3, 0.4) is 0 Å². The summed E-state index contributed by atoms with van der Waals surface area (Å²) in [6, 6.07) is 12.0. The lowest BCUT2D eigenvalue weighted by molar-refractivity contribution is -0.118. The molecule has 0 bridgehead atoms. The first-order valence-corrected chi connectivity index (χ1v) is 10.1. The predicted molar refractivity (Wildman–Crippen MR) is 101 cm³/mol. The summed E-state index contributed by atoms with van der Waals surface area (Å²) in [6.45, 7) is 3.13. The zero-order valence-corrected chi connectivity index (χ0v) is 15.9. The summed E-state index contributed by atoms with van der Waals surface area (Å²) in [4.78, 5) is 13.2. The van der Waals surface area contributed by atoms with Crippen molar-refractivity contribution in [2.24, 2.45) is 0 Å². The predicted octanol–water partition coefficient (Wildman–Crippen LogP) is 2.62. The maximum Gasteiger partial charge on any atom is 0.230 e. The number of aromatic nitrogens is 4. The normalized spacial score (nSPS) is 10.8. The van der Waals surface area contributed by atoms with E-state index in [1.807, 2.05) is 12.1 Å². The third kappa shape index (κ3) is 5.63. The van der Waals surface area contributed by atoms with Crippen LogP contribution in [-0.4, -0.2) is 44.2 Å². The second-order valence-electron chi connectivity index (χ2n) is 5.50. The third-order valence-electron chi connectivity index (χ3n) is 3.43. The fourth-order valence-electron chi connectivity index (χ4n) is 2.12. The SMILES string of the molecule is Cc1ccc(SCCNC(=O)CSc2nnnn2Cc2ccco2)cc1. The lowest BCUT2D eigenvalue weighted by atomic mass is 10.2. The van der Waals surface area contributed by atoms with Gasteiger partial charge in [0.2, 0.25) is 11.1 Å². The van der Waals surface area contributed by atoms with Gasteiger partial charge < -0.3 is 9.73 Å². The van der Waals surface area contributed by atoms with Gasteiger partial charge in [-0.05, 0) is 41.6 Å². The summed E-state index contributed by atoms with van der Waals surface area (Å²) in [6.07, 6.45) is 1.61. The second kappa shape index (κ2) is 9.44. The monoisotopic (exact) mass is 389 g/mol. The van der Waals surface area contributed by atoms with Crippen LogP contribution < -0.4 is 5.32 Å². The van der Waals surface area contributed by atoms with Crippen LogP contribution in [0.25, 0.3) is 0 Å². The van der Waals surface area contributed by atoms with E-state index in [1.54, 1.807) is 22.7 Å². The molecule has 7 nitrogen and oxygen atoms in total. The molecule has 2 heterocycles. The highest BCUT2D eigenvalue weighted by Crippen LogP contribution is 2.18. The summed E-state index contributed by atoms with van der Waals surface area (Å²) in [5, 5.41) is 15.0. The Labute approximate surface area is 159 Å². The van der Waals surface area contributed by atoms with Crippen molar-refractivity contribution in [1.82, 2.24) is 25.5 Å². The molecule has 0 spiro atoms. The van der Waals surface area contributed by atoms with Gasteiger partial charge in [0.15, 0.2) is 0 Å². The molecule has 26 heavy (non-hydrogen) atoms. The van der Waals surface area contributed by atoms with Gasteiger partial charge in [0.1, 0.15) is 12.3 Å². The van der Waals surface area contributed by atoms with Crippen LogP contribution >= 0.6 is 23.5 Å². The van der Waals surface area contributed by atoms with E-state index < -0.39 is 0 Å². The number of nitrogens with zero attached hydrogens (tertiary/aromatic N) is 4. The lowest BCUT2D eigenvalue weighted by Gasteiger charge is -2.06. The van der Waals surface area contributed by atoms with Crippen LogP contribution in [0.5, 0.6) is 0 Å². The van der Waals surface area contributed by atoms with Crippen LogP contribution in [0.2, 0.25) is 0 Å². The number of thioether (sulfide) groups is 2. The van der Waals surface area contributed by atoms with E-state index in [4.69, 9.17) is 4.42 Å². The average Bonchev–Trinajstić information content (AvgIpc) is 3.31. The van der Waals surface area contributed by atoms with Gasteiger partial charge in [0.25, 0.3) is 0 Å². The minimum Gasteiger partial charge on any atom is -0.467 e. The van der Waals surface area contributed by atoms with Crippen LogP contribution in [0.1, 0.15) is 11.3 Å². The molecule has 0 radical (unpaired) electrons. The minimum absolute atomic E-state index is 0.0351. The maximum atomic E-state index is 12.0. The summed E-state index contributed by atoms with van der Waals surface area (Å²) in [5.41, 5.74) is 1.24. The first-order chi connectivity index (χ1) is 12.7. The summed E-state index contributed by atoms with van der Waals surface area (Å²) < 4.78 is 6.90. The van der Waals surface area contributed by atoms with Gasteiger partial charge in [-0.1, -0.05) is 29.5 Å². The molecule has 0 atom stereocenters. The van der Waals surface area contributed by atoms with E-state index in [2.05, 4.69) is 52.0 Å². The molecule has 0 unspecified atom stereocenters. The van der Waals surface area contributed by atoms with Gasteiger partial charge in [-0.25, -0.2) is 4.68 Å². The summed E-state index contributed by atoms with van der Waals surface area (Å²) >= 11 is 3.03. The van der Waals surface area contributed by atoms with Gasteiger partial charge in [-0.2, -0.15) is 0 Å². The topological polar surface area (TPSA) is 85.8 Å². The Bertz CT molecular complexity index is 818. The standard InChI is InChI=1S/C17H19N5O2S2/c1-13-4-6-15(7-5-13)25-10-8-18-16(23)12-26-17-19-20-21-22(17)11-14-3-2-9-24-14/h2-7,9H,8,10-12H2,1H3,(H,18,23). The summed E-state index contributed by atoms with van der Waals surface area (Å²) in [5.74, 6) is 1.83. The van der Waals surface area contributed by atoms with Crippen molar-refractivity contribution >= 4 is 29.4 Å². The quantitative estimate of drug-likeness (QED) is 0.445. The molecule has 3 aromatic rings. The Hall–Kier alpha value is -2.26. The molecule has 2 aromatic heterocycles. The number of carbonyl (C=O) groups is 1. The fourth-order valence-corrected chi connectivity index (χ4v) is 3.60. The molecule has 1 aromatic carbocycles. The number of amides is 1. The van der Waals surface area contributed by atoms with Gasteiger partial charge >= 0.3 is 0 Å². The van der Waals surface area contributed by atoms with E-state index in [0.717, 1.165) is 11.5 Å². The van der Waals surface area contributed by atoms with Gasteiger partial charge in [0.05, 0.1) is 12.0 Å². The van der Waals surface area contributed by atoms with Crippen molar-refractivity contribution in [3.05, 3.63) is 54.0 Å². The molecule has 0 aliphatic heterocycles. The largest absolute Gasteiger partial charge is 0.467 e. The number of benzene rings is 1. The van der Waals surface area contributed by atoms with E-state index in [9.17, 15) is 4.79 Å². The van der Waals surface area contributed by atoms with Crippen LogP contribution in [0.15, 0.2) is 57.1 Å². The first-order valence-electron chi connectivity index (χ1n) is 8.08. The van der Waals surface area contributed by atoms with Crippen molar-refractivity contribution in [3.63, 3.8) is 0 Å². The zero-order chi connectivity index (χ0) is 18.2. The van der Waals surface area contributed by atoms with Crippen molar-refractivity contribution in [3.8, 4) is 0 Å². The molecule has 0 saturated carbocycles. The van der Waals surface area contributed by atoms with Crippen molar-refractivity contribution in [2.45, 2.75) is 23.5 Å². The van der Waals surface area contributed by atoms with Crippen LogP contribution in [0, 0.1) is 6.92 Å².